The van der Waals surface area contributed by atoms with E-state index in [2.05, 4.69) is 34.3 Å². The van der Waals surface area contributed by atoms with E-state index in [0.717, 1.165) is 37.1 Å². The van der Waals surface area contributed by atoms with Crippen molar-refractivity contribution in [1.82, 2.24) is 15.2 Å². The zero-order valence-corrected chi connectivity index (χ0v) is 16.6. The third-order valence-corrected chi connectivity index (χ3v) is 7.31. The summed E-state index contributed by atoms with van der Waals surface area (Å²) in [4.78, 5) is 20.4. The van der Waals surface area contributed by atoms with Crippen molar-refractivity contribution in [2.24, 2.45) is 5.41 Å². The molecule has 2 aromatic rings. The predicted octanol–water partition coefficient (Wildman–Crippen LogP) is 3.81. The van der Waals surface area contributed by atoms with Crippen molar-refractivity contribution in [3.63, 3.8) is 0 Å². The Morgan fingerprint density at radius 1 is 1.21 bits per heavy atom. The largest absolute Gasteiger partial charge is 0.331 e. The van der Waals surface area contributed by atoms with Gasteiger partial charge in [0, 0.05) is 54.0 Å². The molecule has 0 unspecified atom stereocenters. The van der Waals surface area contributed by atoms with Gasteiger partial charge in [-0.25, -0.2) is 0 Å². The van der Waals surface area contributed by atoms with Gasteiger partial charge in [0.1, 0.15) is 0 Å². The number of hydrogen-bond acceptors (Lipinski definition) is 3. The number of piperidine rings is 1. The topological polar surface area (TPSA) is 45.2 Å². The smallest absolute Gasteiger partial charge is 0.254 e. The van der Waals surface area contributed by atoms with Gasteiger partial charge in [-0.15, -0.1) is 0 Å². The van der Waals surface area contributed by atoms with Crippen LogP contribution in [0.5, 0.6) is 0 Å². The molecule has 1 aliphatic carbocycles. The maximum atomic E-state index is 13.6. The average molecular weight is 376 g/mol. The zero-order valence-electron chi connectivity index (χ0n) is 16.6. The second-order valence-electron chi connectivity index (χ2n) is 9.04. The summed E-state index contributed by atoms with van der Waals surface area (Å²) in [6, 6.07) is 15.5. The monoisotopic (exact) mass is 375 g/mol. The van der Waals surface area contributed by atoms with Gasteiger partial charge in [-0.3, -0.25) is 9.78 Å². The van der Waals surface area contributed by atoms with Crippen molar-refractivity contribution >= 4 is 5.91 Å². The molecule has 146 valence electrons. The molecule has 0 spiro atoms. The van der Waals surface area contributed by atoms with E-state index in [1.807, 2.05) is 30.3 Å². The molecule has 4 nitrogen and oxygen atoms in total. The molecule has 3 heterocycles. The van der Waals surface area contributed by atoms with Crippen molar-refractivity contribution in [3.8, 4) is 0 Å². The number of pyridine rings is 1. The van der Waals surface area contributed by atoms with Gasteiger partial charge in [0.2, 0.25) is 0 Å². The van der Waals surface area contributed by atoms with E-state index >= 15 is 0 Å². The van der Waals surface area contributed by atoms with E-state index in [1.165, 1.54) is 24.8 Å². The molecular weight excluding hydrogens is 346 g/mol. The molecule has 1 aromatic carbocycles. The normalized spacial score (nSPS) is 31.5. The van der Waals surface area contributed by atoms with Crippen molar-refractivity contribution in [2.75, 3.05) is 6.54 Å². The fourth-order valence-electron chi connectivity index (χ4n) is 5.93. The highest BCUT2D eigenvalue weighted by Crippen LogP contribution is 2.50. The first-order valence-electron chi connectivity index (χ1n) is 10.7. The highest BCUT2D eigenvalue weighted by Gasteiger charge is 2.57. The summed E-state index contributed by atoms with van der Waals surface area (Å²) < 4.78 is 0. The first-order valence-corrected chi connectivity index (χ1v) is 10.7. The SMILES string of the molecule is C[C@@]12C[C@H]3CN[C@@H]1CCCC[C@@H]2N3C(=O)c1ccnc(Cc2ccccc2)c1. The molecule has 4 atom stereocenters. The Morgan fingerprint density at radius 2 is 2.04 bits per heavy atom. The van der Waals surface area contributed by atoms with Crippen LogP contribution < -0.4 is 5.32 Å². The van der Waals surface area contributed by atoms with Gasteiger partial charge in [0.15, 0.2) is 0 Å². The van der Waals surface area contributed by atoms with Gasteiger partial charge in [-0.05, 0) is 37.0 Å². The van der Waals surface area contributed by atoms with Crippen LogP contribution in [0.15, 0.2) is 48.7 Å². The molecule has 2 aliphatic heterocycles. The minimum atomic E-state index is 0.194. The molecule has 1 aromatic heterocycles. The molecule has 4 heteroatoms. The molecule has 3 aliphatic rings. The molecule has 1 N–H and O–H groups in total. The summed E-state index contributed by atoms with van der Waals surface area (Å²) in [6.45, 7) is 3.35. The Balaban J connectivity index is 1.43. The fraction of sp³-hybridized carbons (Fsp3) is 0.500. The number of aromatic nitrogens is 1. The first-order chi connectivity index (χ1) is 13.6. The van der Waals surface area contributed by atoms with Gasteiger partial charge in [0.05, 0.1) is 0 Å². The van der Waals surface area contributed by atoms with Crippen LogP contribution in [0, 0.1) is 5.41 Å². The lowest BCUT2D eigenvalue weighted by atomic mass is 9.72. The van der Waals surface area contributed by atoms with Crippen LogP contribution in [-0.2, 0) is 6.42 Å². The number of fused-ring (bicyclic) bond motifs is 1. The Labute approximate surface area is 167 Å². The molecule has 0 radical (unpaired) electrons. The molecule has 2 saturated heterocycles. The zero-order chi connectivity index (χ0) is 19.1. The van der Waals surface area contributed by atoms with Crippen molar-refractivity contribution < 1.29 is 4.79 Å². The molecule has 2 bridgehead atoms. The Morgan fingerprint density at radius 3 is 2.89 bits per heavy atom. The third-order valence-electron chi connectivity index (χ3n) is 7.31. The molecule has 3 fully saturated rings. The van der Waals surface area contributed by atoms with Crippen LogP contribution in [0.2, 0.25) is 0 Å². The van der Waals surface area contributed by atoms with Gasteiger partial charge < -0.3 is 10.2 Å². The van der Waals surface area contributed by atoms with Crippen LogP contribution >= 0.6 is 0 Å². The Bertz CT molecular complexity index is 867. The van der Waals surface area contributed by atoms with E-state index in [9.17, 15) is 4.79 Å². The van der Waals surface area contributed by atoms with Crippen LogP contribution in [0.1, 0.15) is 60.6 Å². The van der Waals surface area contributed by atoms with E-state index < -0.39 is 0 Å². The number of rotatable bonds is 3. The summed E-state index contributed by atoms with van der Waals surface area (Å²) >= 11 is 0. The Hall–Kier alpha value is -2.20. The van der Waals surface area contributed by atoms with E-state index in [-0.39, 0.29) is 11.3 Å². The highest BCUT2D eigenvalue weighted by atomic mass is 16.2. The summed E-state index contributed by atoms with van der Waals surface area (Å²) in [7, 11) is 0. The van der Waals surface area contributed by atoms with Crippen LogP contribution in [-0.4, -0.2) is 40.5 Å². The minimum Gasteiger partial charge on any atom is -0.331 e. The van der Waals surface area contributed by atoms with Gasteiger partial charge in [0.25, 0.3) is 5.91 Å². The maximum absolute atomic E-state index is 13.6. The number of amides is 1. The number of carbonyl (C=O) groups excluding carboxylic acids is 1. The molecule has 28 heavy (non-hydrogen) atoms. The van der Waals surface area contributed by atoms with Crippen LogP contribution in [0.4, 0.5) is 0 Å². The quantitative estimate of drug-likeness (QED) is 0.887. The first kappa shape index (κ1) is 17.9. The van der Waals surface area contributed by atoms with Gasteiger partial charge in [-0.2, -0.15) is 0 Å². The van der Waals surface area contributed by atoms with Gasteiger partial charge >= 0.3 is 0 Å². The minimum absolute atomic E-state index is 0.194. The van der Waals surface area contributed by atoms with E-state index in [1.54, 1.807) is 6.20 Å². The standard InChI is InChI=1S/C24H29N3O/c1-24-15-20-16-26-21(24)9-5-6-10-22(24)27(20)23(28)18-11-12-25-19(14-18)13-17-7-3-2-4-8-17/h2-4,7-8,11-12,14,20-22,26H,5-6,9-10,13,15-16H2,1H3/t20-,21+,22-,24+/m0/s1. The lowest BCUT2D eigenvalue weighted by Crippen LogP contribution is -2.51. The number of nitrogens with zero attached hydrogens (tertiary/aromatic N) is 2. The summed E-state index contributed by atoms with van der Waals surface area (Å²) in [6.07, 6.45) is 8.58. The molecule has 1 amide bonds. The fourth-order valence-corrected chi connectivity index (χ4v) is 5.93. The second kappa shape index (κ2) is 7.00. The summed E-state index contributed by atoms with van der Waals surface area (Å²) in [5.74, 6) is 0.194. The molecule has 1 saturated carbocycles. The number of nitrogens with one attached hydrogen (secondary N) is 1. The Kier molecular flexibility index (Phi) is 4.47. The van der Waals surface area contributed by atoms with E-state index in [0.29, 0.717) is 18.1 Å². The van der Waals surface area contributed by atoms with Crippen molar-refractivity contribution in [3.05, 3.63) is 65.5 Å². The predicted molar refractivity (Wildman–Crippen MR) is 110 cm³/mol. The van der Waals surface area contributed by atoms with Crippen molar-refractivity contribution in [2.45, 2.75) is 63.6 Å². The van der Waals surface area contributed by atoms with Crippen molar-refractivity contribution in [1.29, 1.82) is 0 Å². The van der Waals surface area contributed by atoms with Crippen LogP contribution in [0.25, 0.3) is 0 Å². The molecular formula is C24H29N3O. The summed E-state index contributed by atoms with van der Waals surface area (Å²) in [5.41, 5.74) is 3.19. The second-order valence-corrected chi connectivity index (χ2v) is 9.04. The maximum Gasteiger partial charge on any atom is 0.254 e. The number of benzene rings is 1. The average Bonchev–Trinajstić information content (AvgIpc) is 2.82. The lowest BCUT2D eigenvalue weighted by molar-refractivity contribution is 0.0628. The number of hydrogen-bond donors (Lipinski definition) is 1. The van der Waals surface area contributed by atoms with Gasteiger partial charge in [-0.1, -0.05) is 50.1 Å². The summed E-state index contributed by atoms with van der Waals surface area (Å²) in [5, 5.41) is 3.77. The lowest BCUT2D eigenvalue weighted by Gasteiger charge is -2.39. The number of carbonyl (C=O) groups is 1. The van der Waals surface area contributed by atoms with E-state index in [4.69, 9.17) is 0 Å². The highest BCUT2D eigenvalue weighted by molar-refractivity contribution is 5.95. The van der Waals surface area contributed by atoms with Crippen LogP contribution in [0.3, 0.4) is 0 Å². The third kappa shape index (κ3) is 2.95. The number of likely N-dealkylation sites (tertiary alicyclic amines) is 1. The molecule has 5 rings (SSSR count).